The van der Waals surface area contributed by atoms with Crippen LogP contribution in [0.15, 0.2) is 11.6 Å². The molecule has 0 spiro atoms. The summed E-state index contributed by atoms with van der Waals surface area (Å²) in [5.74, 6) is 0. The summed E-state index contributed by atoms with van der Waals surface area (Å²) in [6.07, 6.45) is 13.2. The van der Waals surface area contributed by atoms with Crippen LogP contribution in [0.5, 0.6) is 0 Å². The fourth-order valence-electron chi connectivity index (χ4n) is 1.60. The van der Waals surface area contributed by atoms with E-state index >= 15 is 0 Å². The Kier molecular flexibility index (Phi) is 9.63. The molecule has 0 rings (SSSR count). The molecule has 0 unspecified atom stereocenters. The maximum atomic E-state index is 2.47. The summed E-state index contributed by atoms with van der Waals surface area (Å²) in [6, 6.07) is 0. The molecule has 0 aromatic heterocycles. The van der Waals surface area contributed by atoms with Gasteiger partial charge in [-0.3, -0.25) is 0 Å². The molecule has 0 amide bonds. The van der Waals surface area contributed by atoms with Gasteiger partial charge in [-0.1, -0.05) is 58.1 Å². The summed E-state index contributed by atoms with van der Waals surface area (Å²) in [5.41, 5.74) is 1.71. The normalized spacial score (nSPS) is 12.1. The summed E-state index contributed by atoms with van der Waals surface area (Å²) in [6.45, 7) is 6.81. The predicted molar refractivity (Wildman–Crippen MR) is 62.0 cm³/mol. The zero-order valence-electron chi connectivity index (χ0n) is 9.73. The summed E-state index contributed by atoms with van der Waals surface area (Å²) in [5, 5.41) is 0. The molecule has 0 nitrogen and oxygen atoms in total. The van der Waals surface area contributed by atoms with Crippen molar-refractivity contribution >= 4 is 0 Å². The van der Waals surface area contributed by atoms with Crippen molar-refractivity contribution in [1.29, 1.82) is 0 Å². The van der Waals surface area contributed by atoms with Crippen LogP contribution < -0.4 is 0 Å². The maximum Gasteiger partial charge on any atom is -0.0320 e. The Bertz CT molecular complexity index is 122. The van der Waals surface area contributed by atoms with E-state index in [2.05, 4.69) is 26.8 Å². The van der Waals surface area contributed by atoms with E-state index < -0.39 is 0 Å². The Morgan fingerprint density at radius 2 is 1.62 bits per heavy atom. The van der Waals surface area contributed by atoms with Crippen LogP contribution in [0.4, 0.5) is 0 Å². The average Bonchev–Trinajstić information content (AvgIpc) is 2.14. The minimum absolute atomic E-state index is 1.28. The molecule has 78 valence electrons. The second-order valence-corrected chi connectivity index (χ2v) is 3.86. The van der Waals surface area contributed by atoms with Crippen molar-refractivity contribution in [3.05, 3.63) is 11.6 Å². The standard InChI is InChI=1S/C13H26/c1-4-7-9-12-13(10-6-3)11-8-5-2/h11H,4-10,12H2,1-3H3. The predicted octanol–water partition coefficient (Wildman–Crippen LogP) is 5.09. The lowest BCUT2D eigenvalue weighted by Gasteiger charge is -2.05. The lowest BCUT2D eigenvalue weighted by Crippen LogP contribution is -1.85. The van der Waals surface area contributed by atoms with E-state index in [-0.39, 0.29) is 0 Å². The van der Waals surface area contributed by atoms with Crippen molar-refractivity contribution in [2.45, 2.75) is 72.1 Å². The number of allylic oxidation sites excluding steroid dienone is 2. The molecule has 0 saturated carbocycles. The van der Waals surface area contributed by atoms with E-state index in [1.54, 1.807) is 5.57 Å². The quantitative estimate of drug-likeness (QED) is 0.362. The van der Waals surface area contributed by atoms with Crippen molar-refractivity contribution in [3.63, 3.8) is 0 Å². The van der Waals surface area contributed by atoms with E-state index in [1.807, 2.05) is 0 Å². The molecule has 0 heteroatoms. The van der Waals surface area contributed by atoms with E-state index in [1.165, 1.54) is 51.4 Å². The first kappa shape index (κ1) is 12.7. The molecule has 0 radical (unpaired) electrons. The zero-order valence-corrected chi connectivity index (χ0v) is 9.73. The minimum atomic E-state index is 1.28. The van der Waals surface area contributed by atoms with Crippen LogP contribution in [0.1, 0.15) is 72.1 Å². The van der Waals surface area contributed by atoms with Crippen LogP contribution >= 0.6 is 0 Å². The Hall–Kier alpha value is -0.260. The first-order valence-corrected chi connectivity index (χ1v) is 6.03. The van der Waals surface area contributed by atoms with E-state index in [0.717, 1.165) is 0 Å². The van der Waals surface area contributed by atoms with E-state index in [4.69, 9.17) is 0 Å². The van der Waals surface area contributed by atoms with Gasteiger partial charge in [0.1, 0.15) is 0 Å². The fourth-order valence-corrected chi connectivity index (χ4v) is 1.60. The third-order valence-electron chi connectivity index (χ3n) is 2.39. The van der Waals surface area contributed by atoms with Gasteiger partial charge >= 0.3 is 0 Å². The largest absolute Gasteiger partial charge is 0.0853 e. The topological polar surface area (TPSA) is 0 Å². The summed E-state index contributed by atoms with van der Waals surface area (Å²) in [7, 11) is 0. The highest BCUT2D eigenvalue weighted by Gasteiger charge is 1.95. The van der Waals surface area contributed by atoms with Gasteiger partial charge in [0.2, 0.25) is 0 Å². The highest BCUT2D eigenvalue weighted by Crippen LogP contribution is 2.15. The molecule has 0 aromatic rings. The molecule has 0 aliphatic rings. The fraction of sp³-hybridized carbons (Fsp3) is 0.846. The Morgan fingerprint density at radius 1 is 0.846 bits per heavy atom. The summed E-state index contributed by atoms with van der Waals surface area (Å²) in [4.78, 5) is 0. The van der Waals surface area contributed by atoms with Gasteiger partial charge in [0.15, 0.2) is 0 Å². The van der Waals surface area contributed by atoms with Gasteiger partial charge in [0, 0.05) is 0 Å². The van der Waals surface area contributed by atoms with Gasteiger partial charge in [-0.25, -0.2) is 0 Å². The SMILES string of the molecule is CCCC=C(CCC)CCCCC. The van der Waals surface area contributed by atoms with Gasteiger partial charge in [0.05, 0.1) is 0 Å². The molecule has 0 saturated heterocycles. The van der Waals surface area contributed by atoms with Crippen LogP contribution in [0.25, 0.3) is 0 Å². The molecule has 0 bridgehead atoms. The highest BCUT2D eigenvalue weighted by molar-refractivity contribution is 5.01. The van der Waals surface area contributed by atoms with Crippen LogP contribution in [-0.4, -0.2) is 0 Å². The van der Waals surface area contributed by atoms with Gasteiger partial charge < -0.3 is 0 Å². The number of unbranched alkanes of at least 4 members (excludes halogenated alkanes) is 3. The average molecular weight is 182 g/mol. The lowest BCUT2D eigenvalue weighted by atomic mass is 10.0. The smallest absolute Gasteiger partial charge is 0.0320 e. The van der Waals surface area contributed by atoms with Crippen LogP contribution in [-0.2, 0) is 0 Å². The first-order chi connectivity index (χ1) is 6.35. The molecule has 0 heterocycles. The highest BCUT2D eigenvalue weighted by atomic mass is 14.0. The lowest BCUT2D eigenvalue weighted by molar-refractivity contribution is 0.687. The van der Waals surface area contributed by atoms with E-state index in [0.29, 0.717) is 0 Å². The number of rotatable bonds is 8. The Morgan fingerprint density at radius 3 is 2.15 bits per heavy atom. The molecular weight excluding hydrogens is 156 g/mol. The molecule has 0 N–H and O–H groups in total. The molecule has 0 aliphatic heterocycles. The molecular formula is C13H26. The molecule has 0 aromatic carbocycles. The Balaban J connectivity index is 3.65. The van der Waals surface area contributed by atoms with Crippen LogP contribution in [0.2, 0.25) is 0 Å². The zero-order chi connectivity index (χ0) is 9.94. The molecule has 0 fully saturated rings. The third kappa shape index (κ3) is 8.08. The second kappa shape index (κ2) is 9.83. The summed E-state index contributed by atoms with van der Waals surface area (Å²) < 4.78 is 0. The van der Waals surface area contributed by atoms with E-state index in [9.17, 15) is 0 Å². The van der Waals surface area contributed by atoms with Crippen molar-refractivity contribution in [2.24, 2.45) is 0 Å². The van der Waals surface area contributed by atoms with Crippen molar-refractivity contribution in [2.75, 3.05) is 0 Å². The third-order valence-corrected chi connectivity index (χ3v) is 2.39. The first-order valence-electron chi connectivity index (χ1n) is 6.03. The van der Waals surface area contributed by atoms with Crippen molar-refractivity contribution < 1.29 is 0 Å². The number of hydrogen-bond acceptors (Lipinski definition) is 0. The van der Waals surface area contributed by atoms with Gasteiger partial charge in [-0.2, -0.15) is 0 Å². The molecule has 0 atom stereocenters. The van der Waals surface area contributed by atoms with Crippen LogP contribution in [0, 0.1) is 0 Å². The summed E-state index contributed by atoms with van der Waals surface area (Å²) >= 11 is 0. The van der Waals surface area contributed by atoms with Crippen LogP contribution in [0.3, 0.4) is 0 Å². The van der Waals surface area contributed by atoms with Gasteiger partial charge in [0.25, 0.3) is 0 Å². The maximum absolute atomic E-state index is 2.47. The van der Waals surface area contributed by atoms with Crippen molar-refractivity contribution in [1.82, 2.24) is 0 Å². The molecule has 13 heavy (non-hydrogen) atoms. The molecule has 0 aliphatic carbocycles. The van der Waals surface area contributed by atoms with Gasteiger partial charge in [-0.15, -0.1) is 0 Å². The monoisotopic (exact) mass is 182 g/mol. The van der Waals surface area contributed by atoms with Crippen molar-refractivity contribution in [3.8, 4) is 0 Å². The minimum Gasteiger partial charge on any atom is -0.0853 e. The Labute approximate surface area is 84.4 Å². The number of hydrogen-bond donors (Lipinski definition) is 0. The second-order valence-electron chi connectivity index (χ2n) is 3.86. The van der Waals surface area contributed by atoms with Gasteiger partial charge in [-0.05, 0) is 25.7 Å².